The molecule has 0 atom stereocenters. The number of nitrogens with zero attached hydrogens (tertiary/aromatic N) is 1. The molecule has 3 N–H and O–H groups in total. The highest BCUT2D eigenvalue weighted by Crippen LogP contribution is 2.33. The van der Waals surface area contributed by atoms with Gasteiger partial charge in [0.2, 0.25) is 5.91 Å². The van der Waals surface area contributed by atoms with Crippen LogP contribution >= 0.6 is 35.3 Å². The molecule has 2 aromatic rings. The Bertz CT molecular complexity index is 956. The third-order valence-electron chi connectivity index (χ3n) is 3.92. The van der Waals surface area contributed by atoms with E-state index in [-0.39, 0.29) is 24.0 Å². The number of phenolic OH excluding ortho intramolecular Hbond substituents is 1. The Hall–Kier alpha value is -2.69. The molecule has 3 rings (SSSR count). The lowest BCUT2D eigenvalue weighted by atomic mass is 10.2. The summed E-state index contributed by atoms with van der Waals surface area (Å²) in [5.41, 5.74) is 4.94. The number of aromatic hydroxyl groups is 1. The quantitative estimate of drug-likeness (QED) is 0.358. The zero-order valence-electron chi connectivity index (χ0n) is 15.1. The number of hydrogen-bond donors (Lipinski definition) is 3. The van der Waals surface area contributed by atoms with Crippen LogP contribution in [0, 0.1) is 0 Å². The Morgan fingerprint density at radius 1 is 1.17 bits per heavy atom. The summed E-state index contributed by atoms with van der Waals surface area (Å²) < 4.78 is 0.471. The lowest BCUT2D eigenvalue weighted by Gasteiger charge is -2.14. The lowest BCUT2D eigenvalue weighted by Crippen LogP contribution is -2.41. The van der Waals surface area contributed by atoms with Gasteiger partial charge in [0.25, 0.3) is 11.8 Å². The van der Waals surface area contributed by atoms with Gasteiger partial charge in [0, 0.05) is 23.4 Å². The maximum atomic E-state index is 12.5. The number of phenols is 1. The van der Waals surface area contributed by atoms with E-state index < -0.39 is 5.91 Å². The van der Waals surface area contributed by atoms with E-state index in [4.69, 9.17) is 12.2 Å². The maximum absolute atomic E-state index is 12.5. The number of carbonyl (C=O) groups is 3. The average molecular weight is 448 g/mol. The van der Waals surface area contributed by atoms with Crippen LogP contribution in [0.1, 0.15) is 28.1 Å². The van der Waals surface area contributed by atoms with Crippen LogP contribution in [-0.4, -0.2) is 38.6 Å². The van der Waals surface area contributed by atoms with Gasteiger partial charge in [-0.25, -0.2) is 0 Å². The second-order valence-electron chi connectivity index (χ2n) is 6.00. The molecule has 1 aliphatic rings. The van der Waals surface area contributed by atoms with E-state index in [0.717, 1.165) is 4.88 Å². The van der Waals surface area contributed by atoms with Gasteiger partial charge in [0.1, 0.15) is 10.1 Å². The second kappa shape index (κ2) is 9.68. The molecular formula is C19H17N3O4S3. The molecule has 0 aliphatic carbocycles. The number of thioether (sulfide) groups is 1. The first-order valence-electron chi connectivity index (χ1n) is 8.61. The average Bonchev–Trinajstić information content (AvgIpc) is 3.30. The molecular weight excluding hydrogens is 430 g/mol. The number of thiocarbonyl (C=S) groups is 1. The van der Waals surface area contributed by atoms with E-state index in [2.05, 4.69) is 10.9 Å². The summed E-state index contributed by atoms with van der Waals surface area (Å²) in [5.74, 6) is -0.980. The van der Waals surface area contributed by atoms with Crippen LogP contribution in [0.2, 0.25) is 0 Å². The van der Waals surface area contributed by atoms with E-state index in [9.17, 15) is 19.5 Å². The summed E-state index contributed by atoms with van der Waals surface area (Å²) in [6, 6.07) is 9.48. The molecule has 29 heavy (non-hydrogen) atoms. The minimum Gasteiger partial charge on any atom is -0.508 e. The maximum Gasteiger partial charge on any atom is 0.269 e. The van der Waals surface area contributed by atoms with Crippen LogP contribution in [0.4, 0.5) is 0 Å². The number of nitrogens with one attached hydrogen (secondary N) is 2. The molecule has 0 bridgehead atoms. The normalized spacial score (nSPS) is 15.0. The second-order valence-corrected chi connectivity index (χ2v) is 8.66. The number of hydrazine groups is 1. The van der Waals surface area contributed by atoms with E-state index in [0.29, 0.717) is 27.8 Å². The van der Waals surface area contributed by atoms with Gasteiger partial charge in [-0.2, -0.15) is 0 Å². The van der Waals surface area contributed by atoms with Gasteiger partial charge < -0.3 is 5.11 Å². The number of carbonyl (C=O) groups excluding carboxylic acids is 3. The Kier molecular flexibility index (Phi) is 7.02. The van der Waals surface area contributed by atoms with Crippen molar-refractivity contribution >= 4 is 63.4 Å². The predicted molar refractivity (Wildman–Crippen MR) is 117 cm³/mol. The number of rotatable bonds is 6. The molecule has 3 amide bonds. The Labute approximate surface area is 180 Å². The summed E-state index contributed by atoms with van der Waals surface area (Å²) in [5, 5.41) is 11.2. The number of benzene rings is 1. The van der Waals surface area contributed by atoms with Crippen molar-refractivity contribution in [2.24, 2.45) is 0 Å². The van der Waals surface area contributed by atoms with Crippen molar-refractivity contribution in [2.75, 3.05) is 6.54 Å². The fourth-order valence-corrected chi connectivity index (χ4v) is 4.50. The molecule has 2 heterocycles. The van der Waals surface area contributed by atoms with Crippen LogP contribution in [-0.2, 0) is 9.59 Å². The van der Waals surface area contributed by atoms with Crippen molar-refractivity contribution in [1.82, 2.24) is 15.8 Å². The number of hydrogen-bond acceptors (Lipinski definition) is 7. The van der Waals surface area contributed by atoms with Crippen LogP contribution in [0.3, 0.4) is 0 Å². The molecule has 0 saturated carbocycles. The van der Waals surface area contributed by atoms with E-state index >= 15 is 0 Å². The van der Waals surface area contributed by atoms with Crippen LogP contribution in [0.25, 0.3) is 6.08 Å². The van der Waals surface area contributed by atoms with Crippen LogP contribution < -0.4 is 10.9 Å². The Balaban J connectivity index is 1.43. The van der Waals surface area contributed by atoms with Crippen LogP contribution in [0.15, 0.2) is 46.7 Å². The van der Waals surface area contributed by atoms with Crippen LogP contribution in [0.5, 0.6) is 5.75 Å². The van der Waals surface area contributed by atoms with Gasteiger partial charge in [0.05, 0.1) is 4.91 Å². The molecule has 10 heteroatoms. The molecule has 1 fully saturated rings. The van der Waals surface area contributed by atoms with E-state index in [1.165, 1.54) is 52.3 Å². The minimum atomic E-state index is -0.492. The van der Waals surface area contributed by atoms with E-state index in [1.807, 2.05) is 23.6 Å². The fourth-order valence-electron chi connectivity index (χ4n) is 2.47. The van der Waals surface area contributed by atoms with Crippen molar-refractivity contribution in [3.63, 3.8) is 0 Å². The highest BCUT2D eigenvalue weighted by molar-refractivity contribution is 8.26. The summed E-state index contributed by atoms with van der Waals surface area (Å²) in [4.78, 5) is 39.4. The van der Waals surface area contributed by atoms with Crippen molar-refractivity contribution in [2.45, 2.75) is 12.8 Å². The van der Waals surface area contributed by atoms with Gasteiger partial charge in [-0.3, -0.25) is 30.1 Å². The highest BCUT2D eigenvalue weighted by atomic mass is 32.2. The number of amides is 3. The third-order valence-corrected chi connectivity index (χ3v) is 6.12. The standard InChI is InChI=1S/C19H17N3O4S3/c23-13-7-5-12(6-8-13)17(25)21-20-16(24)4-1-9-22-18(26)15(29-19(22)27)11-14-3-2-10-28-14/h2-3,5-8,10-11,23H,1,4,9H2,(H,20,24)(H,21,25)/b15-11-. The molecule has 1 saturated heterocycles. The van der Waals surface area contributed by atoms with Crippen molar-refractivity contribution < 1.29 is 19.5 Å². The van der Waals surface area contributed by atoms with Gasteiger partial charge in [0.15, 0.2) is 0 Å². The summed E-state index contributed by atoms with van der Waals surface area (Å²) in [6.45, 7) is 0.325. The van der Waals surface area contributed by atoms with Crippen molar-refractivity contribution in [1.29, 1.82) is 0 Å². The van der Waals surface area contributed by atoms with Crippen molar-refractivity contribution in [3.05, 3.63) is 57.1 Å². The third kappa shape index (κ3) is 5.66. The fraction of sp³-hybridized carbons (Fsp3) is 0.158. The Morgan fingerprint density at radius 2 is 1.93 bits per heavy atom. The molecule has 1 aromatic heterocycles. The van der Waals surface area contributed by atoms with Gasteiger partial charge in [-0.05, 0) is 48.2 Å². The molecule has 1 aromatic carbocycles. The molecule has 0 spiro atoms. The van der Waals surface area contributed by atoms with Gasteiger partial charge in [-0.1, -0.05) is 30.0 Å². The predicted octanol–water partition coefficient (Wildman–Crippen LogP) is 2.90. The smallest absolute Gasteiger partial charge is 0.269 e. The molecule has 1 aliphatic heterocycles. The van der Waals surface area contributed by atoms with Gasteiger partial charge in [-0.15, -0.1) is 11.3 Å². The Morgan fingerprint density at radius 3 is 2.62 bits per heavy atom. The summed E-state index contributed by atoms with van der Waals surface area (Å²) in [7, 11) is 0. The SMILES string of the molecule is O=C(CCCN1C(=O)/C(=C/c2cccs2)SC1=S)NNC(=O)c1ccc(O)cc1. The zero-order valence-corrected chi connectivity index (χ0v) is 17.5. The highest BCUT2D eigenvalue weighted by Gasteiger charge is 2.31. The lowest BCUT2D eigenvalue weighted by molar-refractivity contribution is -0.124. The largest absolute Gasteiger partial charge is 0.508 e. The van der Waals surface area contributed by atoms with Crippen molar-refractivity contribution in [3.8, 4) is 5.75 Å². The number of thiophene rings is 1. The van der Waals surface area contributed by atoms with Gasteiger partial charge >= 0.3 is 0 Å². The molecule has 0 radical (unpaired) electrons. The summed E-state index contributed by atoms with van der Waals surface area (Å²) >= 11 is 8.06. The molecule has 7 nitrogen and oxygen atoms in total. The molecule has 0 unspecified atom stereocenters. The molecule has 150 valence electrons. The topological polar surface area (TPSA) is 98.7 Å². The minimum absolute atomic E-state index is 0.0477. The first-order chi connectivity index (χ1) is 13.9. The monoisotopic (exact) mass is 447 g/mol. The first-order valence-corrected chi connectivity index (χ1v) is 10.7. The summed E-state index contributed by atoms with van der Waals surface area (Å²) in [6.07, 6.45) is 2.34. The van der Waals surface area contributed by atoms with E-state index in [1.54, 1.807) is 0 Å². The first kappa shape index (κ1) is 21.0. The zero-order chi connectivity index (χ0) is 20.8.